The van der Waals surface area contributed by atoms with E-state index >= 15 is 0 Å². The van der Waals surface area contributed by atoms with E-state index in [1.807, 2.05) is 0 Å². The molecule has 0 N–H and O–H groups in total. The van der Waals surface area contributed by atoms with E-state index in [-0.39, 0.29) is 11.3 Å². The maximum absolute atomic E-state index is 11.3. The minimum Gasteiger partial charge on any atom is -0.496 e. The molecule has 0 aliphatic heterocycles. The number of nitrogens with zero attached hydrogens (tertiary/aromatic N) is 1. The molecule has 1 rings (SSSR count). The number of carbonyl (C=O) groups is 1. The van der Waals surface area contributed by atoms with E-state index in [0.29, 0.717) is 5.75 Å². The second-order valence-electron chi connectivity index (χ2n) is 2.71. The van der Waals surface area contributed by atoms with Crippen LogP contribution in [0.25, 0.3) is 0 Å². The van der Waals surface area contributed by atoms with Crippen LogP contribution in [0.2, 0.25) is 0 Å². The number of ether oxygens (including phenoxy) is 1. The lowest BCUT2D eigenvalue weighted by Gasteiger charge is -2.04. The van der Waals surface area contributed by atoms with Crippen molar-refractivity contribution in [1.29, 1.82) is 0 Å². The zero-order valence-electron chi connectivity index (χ0n) is 8.10. The first-order valence-corrected chi connectivity index (χ1v) is 4.09. The molecule has 78 valence electrons. The van der Waals surface area contributed by atoms with E-state index in [9.17, 15) is 14.9 Å². The summed E-state index contributed by atoms with van der Waals surface area (Å²) in [5.74, 6) is -0.110. The average molecular weight is 207 g/mol. The van der Waals surface area contributed by atoms with Crippen LogP contribution in [0.4, 0.5) is 5.69 Å². The highest BCUT2D eigenvalue weighted by Gasteiger charge is 2.14. The van der Waals surface area contributed by atoms with Gasteiger partial charge in [0, 0.05) is 12.1 Å². The molecule has 0 heterocycles. The van der Waals surface area contributed by atoms with Gasteiger partial charge in [0.05, 0.1) is 17.6 Å². The van der Waals surface area contributed by atoms with Gasteiger partial charge in [-0.1, -0.05) is 6.58 Å². The molecule has 0 aromatic heterocycles. The Kier molecular flexibility index (Phi) is 3.17. The zero-order chi connectivity index (χ0) is 11.4. The number of methoxy groups -OCH3 is 1. The molecule has 0 aliphatic carbocycles. The van der Waals surface area contributed by atoms with Gasteiger partial charge in [-0.2, -0.15) is 0 Å². The Morgan fingerprint density at radius 1 is 1.60 bits per heavy atom. The lowest BCUT2D eigenvalue weighted by atomic mass is 10.1. The Bertz CT molecular complexity index is 425. The Labute approximate surface area is 86.1 Å². The minimum absolute atomic E-state index is 0.140. The van der Waals surface area contributed by atoms with Crippen molar-refractivity contribution in [3.63, 3.8) is 0 Å². The molecule has 15 heavy (non-hydrogen) atoms. The van der Waals surface area contributed by atoms with Crippen LogP contribution >= 0.6 is 0 Å². The molecule has 0 atom stereocenters. The van der Waals surface area contributed by atoms with Crippen molar-refractivity contribution < 1.29 is 14.5 Å². The largest absolute Gasteiger partial charge is 0.496 e. The van der Waals surface area contributed by atoms with Gasteiger partial charge in [-0.05, 0) is 12.1 Å². The number of allylic oxidation sites excluding steroid dienone is 1. The van der Waals surface area contributed by atoms with Crippen molar-refractivity contribution in [2.75, 3.05) is 7.11 Å². The first kappa shape index (κ1) is 10.9. The Morgan fingerprint density at radius 2 is 2.27 bits per heavy atom. The molecule has 0 aliphatic rings. The molecule has 0 amide bonds. The number of benzene rings is 1. The van der Waals surface area contributed by atoms with Gasteiger partial charge in [-0.15, -0.1) is 0 Å². The van der Waals surface area contributed by atoms with Crippen molar-refractivity contribution in [3.8, 4) is 5.75 Å². The van der Waals surface area contributed by atoms with Crippen LogP contribution in [0.3, 0.4) is 0 Å². The highest BCUT2D eigenvalue weighted by atomic mass is 16.6. The molecule has 0 fully saturated rings. The Balaban J connectivity index is 3.30. The maximum Gasteiger partial charge on any atom is 0.270 e. The summed E-state index contributed by atoms with van der Waals surface area (Å²) in [4.78, 5) is 21.3. The van der Waals surface area contributed by atoms with Crippen LogP contribution in [0.1, 0.15) is 10.4 Å². The van der Waals surface area contributed by atoms with Crippen molar-refractivity contribution in [1.82, 2.24) is 0 Å². The molecular weight excluding hydrogens is 198 g/mol. The number of nitro groups is 1. The van der Waals surface area contributed by atoms with Gasteiger partial charge in [0.25, 0.3) is 5.69 Å². The highest BCUT2D eigenvalue weighted by molar-refractivity contribution is 6.06. The number of ketones is 1. The number of non-ortho nitro benzene ring substituents is 1. The zero-order valence-corrected chi connectivity index (χ0v) is 8.10. The Hall–Kier alpha value is -2.17. The summed E-state index contributed by atoms with van der Waals surface area (Å²) in [6, 6.07) is 3.83. The smallest absolute Gasteiger partial charge is 0.270 e. The van der Waals surface area contributed by atoms with Gasteiger partial charge in [-0.25, -0.2) is 0 Å². The molecule has 0 bridgehead atoms. The molecule has 0 spiro atoms. The second kappa shape index (κ2) is 4.36. The minimum atomic E-state index is -0.570. The first-order chi connectivity index (χ1) is 7.10. The standard InChI is InChI=1S/C10H9NO4/c1-3-9(12)8-6-7(11(13)14)4-5-10(8)15-2/h3-6H,1H2,2H3. The molecular formula is C10H9NO4. The lowest BCUT2D eigenvalue weighted by molar-refractivity contribution is -0.384. The summed E-state index contributed by atoms with van der Waals surface area (Å²) in [5.41, 5.74) is -0.0114. The predicted molar refractivity (Wildman–Crippen MR) is 54.2 cm³/mol. The van der Waals surface area contributed by atoms with Crippen LogP contribution in [0.15, 0.2) is 30.9 Å². The normalized spacial score (nSPS) is 9.40. The van der Waals surface area contributed by atoms with Gasteiger partial charge >= 0.3 is 0 Å². The van der Waals surface area contributed by atoms with E-state index < -0.39 is 10.7 Å². The summed E-state index contributed by atoms with van der Waals surface area (Å²) in [5, 5.41) is 10.5. The van der Waals surface area contributed by atoms with E-state index in [4.69, 9.17) is 4.74 Å². The molecule has 0 unspecified atom stereocenters. The summed E-state index contributed by atoms with van der Waals surface area (Å²) < 4.78 is 4.91. The van der Waals surface area contributed by atoms with E-state index in [1.165, 1.54) is 25.3 Å². The van der Waals surface area contributed by atoms with Crippen LogP contribution < -0.4 is 4.74 Å². The van der Waals surface area contributed by atoms with E-state index in [2.05, 4.69) is 6.58 Å². The van der Waals surface area contributed by atoms with Crippen molar-refractivity contribution in [3.05, 3.63) is 46.5 Å². The van der Waals surface area contributed by atoms with Gasteiger partial charge in [-0.3, -0.25) is 14.9 Å². The summed E-state index contributed by atoms with van der Waals surface area (Å²) in [6.45, 7) is 3.31. The monoisotopic (exact) mass is 207 g/mol. The molecule has 5 nitrogen and oxygen atoms in total. The first-order valence-electron chi connectivity index (χ1n) is 4.09. The van der Waals surface area contributed by atoms with Gasteiger partial charge in [0.15, 0.2) is 5.78 Å². The fourth-order valence-electron chi connectivity index (χ4n) is 1.11. The predicted octanol–water partition coefficient (Wildman–Crippen LogP) is 1.97. The topological polar surface area (TPSA) is 69.4 Å². The van der Waals surface area contributed by atoms with Gasteiger partial charge < -0.3 is 4.74 Å². The summed E-state index contributed by atoms with van der Waals surface area (Å²) in [6.07, 6.45) is 1.08. The molecule has 1 aromatic rings. The van der Waals surface area contributed by atoms with Crippen molar-refractivity contribution in [2.24, 2.45) is 0 Å². The third kappa shape index (κ3) is 2.19. The van der Waals surface area contributed by atoms with Crippen LogP contribution in [0, 0.1) is 10.1 Å². The van der Waals surface area contributed by atoms with Gasteiger partial charge in [0.1, 0.15) is 5.75 Å². The Morgan fingerprint density at radius 3 is 2.73 bits per heavy atom. The van der Waals surface area contributed by atoms with Crippen LogP contribution in [-0.2, 0) is 0 Å². The second-order valence-corrected chi connectivity index (χ2v) is 2.71. The van der Waals surface area contributed by atoms with Crippen molar-refractivity contribution in [2.45, 2.75) is 0 Å². The number of hydrogen-bond donors (Lipinski definition) is 0. The maximum atomic E-state index is 11.3. The molecule has 0 radical (unpaired) electrons. The fourth-order valence-corrected chi connectivity index (χ4v) is 1.11. The SMILES string of the molecule is C=CC(=O)c1cc([N+](=O)[O-])ccc1OC. The lowest BCUT2D eigenvalue weighted by Crippen LogP contribution is -2.00. The summed E-state index contributed by atoms with van der Waals surface area (Å²) in [7, 11) is 1.39. The third-order valence-corrected chi connectivity index (χ3v) is 1.84. The van der Waals surface area contributed by atoms with Crippen molar-refractivity contribution >= 4 is 11.5 Å². The van der Waals surface area contributed by atoms with Gasteiger partial charge in [0.2, 0.25) is 0 Å². The third-order valence-electron chi connectivity index (χ3n) is 1.84. The number of nitro benzene ring substituents is 1. The molecule has 0 saturated heterocycles. The fraction of sp³-hybridized carbons (Fsp3) is 0.100. The molecule has 5 heteroatoms. The molecule has 1 aromatic carbocycles. The quantitative estimate of drug-likeness (QED) is 0.327. The number of rotatable bonds is 4. The number of carbonyl (C=O) groups excluding carboxylic acids is 1. The van der Waals surface area contributed by atoms with E-state index in [1.54, 1.807) is 0 Å². The summed E-state index contributed by atoms with van der Waals surface area (Å²) >= 11 is 0. The van der Waals surface area contributed by atoms with E-state index in [0.717, 1.165) is 6.08 Å². The number of hydrogen-bond acceptors (Lipinski definition) is 4. The van der Waals surface area contributed by atoms with Crippen LogP contribution in [-0.4, -0.2) is 17.8 Å². The average Bonchev–Trinajstić information content (AvgIpc) is 2.27. The molecule has 0 saturated carbocycles. The highest BCUT2D eigenvalue weighted by Crippen LogP contribution is 2.24. The van der Waals surface area contributed by atoms with Crippen LogP contribution in [0.5, 0.6) is 5.75 Å².